The fourth-order valence-electron chi connectivity index (χ4n) is 3.69. The van der Waals surface area contributed by atoms with Crippen molar-refractivity contribution in [2.24, 2.45) is 10.9 Å². The van der Waals surface area contributed by atoms with Gasteiger partial charge in [0.1, 0.15) is 0 Å². The Balaban J connectivity index is 0.00000320. The van der Waals surface area contributed by atoms with Gasteiger partial charge in [-0.05, 0) is 36.4 Å². The first-order chi connectivity index (χ1) is 14.2. The average Bonchev–Trinajstić information content (AvgIpc) is 3.58. The van der Waals surface area contributed by atoms with E-state index in [2.05, 4.69) is 63.2 Å². The molecule has 6 nitrogen and oxygen atoms in total. The standard InChI is InChI=1S/C23H39N5O.HI/c1-4-27-11-13-28(14-12-27)18-21-7-5-20(6-8-21)17-25-23(24-2)26(3)15-16-29-19-22-9-10-22;/h5-8,22H,4,9-19H2,1-3H3,(H,24,25);1H. The summed E-state index contributed by atoms with van der Waals surface area (Å²) in [5, 5.41) is 3.46. The highest BCUT2D eigenvalue weighted by molar-refractivity contribution is 14.0. The van der Waals surface area contributed by atoms with E-state index in [0.29, 0.717) is 0 Å². The van der Waals surface area contributed by atoms with Gasteiger partial charge in [0.05, 0.1) is 6.61 Å². The minimum atomic E-state index is 0. The van der Waals surface area contributed by atoms with Crippen LogP contribution in [-0.2, 0) is 17.8 Å². The van der Waals surface area contributed by atoms with Crippen LogP contribution in [0.3, 0.4) is 0 Å². The van der Waals surface area contributed by atoms with E-state index in [1.165, 1.54) is 56.7 Å². The van der Waals surface area contributed by atoms with Crippen LogP contribution < -0.4 is 5.32 Å². The highest BCUT2D eigenvalue weighted by atomic mass is 127. The van der Waals surface area contributed by atoms with Crippen molar-refractivity contribution >= 4 is 29.9 Å². The van der Waals surface area contributed by atoms with Crippen LogP contribution >= 0.6 is 24.0 Å². The molecule has 1 aromatic rings. The van der Waals surface area contributed by atoms with Crippen LogP contribution in [0, 0.1) is 5.92 Å². The van der Waals surface area contributed by atoms with E-state index in [0.717, 1.165) is 44.7 Å². The molecule has 0 unspecified atom stereocenters. The first-order valence-corrected chi connectivity index (χ1v) is 11.2. The Kier molecular flexibility index (Phi) is 11.4. The minimum absolute atomic E-state index is 0. The summed E-state index contributed by atoms with van der Waals surface area (Å²) in [6, 6.07) is 9.00. The highest BCUT2D eigenvalue weighted by Gasteiger charge is 2.21. The van der Waals surface area contributed by atoms with Gasteiger partial charge in [-0.1, -0.05) is 31.2 Å². The van der Waals surface area contributed by atoms with E-state index in [1.807, 2.05) is 7.05 Å². The van der Waals surface area contributed by atoms with Crippen molar-refractivity contribution in [1.29, 1.82) is 0 Å². The summed E-state index contributed by atoms with van der Waals surface area (Å²) < 4.78 is 5.74. The minimum Gasteiger partial charge on any atom is -0.379 e. The third-order valence-electron chi connectivity index (χ3n) is 5.99. The zero-order valence-corrected chi connectivity index (χ0v) is 21.3. The summed E-state index contributed by atoms with van der Waals surface area (Å²) in [7, 11) is 3.91. The Hall–Kier alpha value is -0.900. The zero-order chi connectivity index (χ0) is 20.5. The molecule has 1 saturated carbocycles. The van der Waals surface area contributed by atoms with Gasteiger partial charge in [-0.3, -0.25) is 9.89 Å². The van der Waals surface area contributed by atoms with E-state index in [1.54, 1.807) is 0 Å². The van der Waals surface area contributed by atoms with E-state index >= 15 is 0 Å². The van der Waals surface area contributed by atoms with E-state index in [4.69, 9.17) is 4.74 Å². The van der Waals surface area contributed by atoms with Crippen molar-refractivity contribution in [2.75, 3.05) is 66.6 Å². The predicted octanol–water partition coefficient (Wildman–Crippen LogP) is 2.88. The molecule has 0 radical (unpaired) electrons. The Morgan fingerprint density at radius 3 is 2.33 bits per heavy atom. The molecule has 3 rings (SSSR count). The lowest BCUT2D eigenvalue weighted by Crippen LogP contribution is -2.45. The van der Waals surface area contributed by atoms with Gasteiger partial charge >= 0.3 is 0 Å². The van der Waals surface area contributed by atoms with E-state index in [9.17, 15) is 0 Å². The van der Waals surface area contributed by atoms with Crippen LogP contribution in [0.5, 0.6) is 0 Å². The Morgan fingerprint density at radius 2 is 1.73 bits per heavy atom. The van der Waals surface area contributed by atoms with Gasteiger partial charge in [0, 0.05) is 66.5 Å². The van der Waals surface area contributed by atoms with Crippen molar-refractivity contribution in [3.8, 4) is 0 Å². The van der Waals surface area contributed by atoms with Crippen LogP contribution in [0.1, 0.15) is 30.9 Å². The van der Waals surface area contributed by atoms with E-state index in [-0.39, 0.29) is 24.0 Å². The maximum atomic E-state index is 5.74. The largest absolute Gasteiger partial charge is 0.379 e. The molecule has 170 valence electrons. The maximum Gasteiger partial charge on any atom is 0.193 e. The molecule has 0 amide bonds. The molecule has 1 aliphatic heterocycles. The van der Waals surface area contributed by atoms with Gasteiger partial charge in [0.15, 0.2) is 5.96 Å². The number of nitrogens with zero attached hydrogens (tertiary/aromatic N) is 4. The number of hydrogen-bond acceptors (Lipinski definition) is 4. The van der Waals surface area contributed by atoms with Gasteiger partial charge in [-0.2, -0.15) is 0 Å². The van der Waals surface area contributed by atoms with Crippen molar-refractivity contribution in [2.45, 2.75) is 32.9 Å². The SMILES string of the molecule is CCN1CCN(Cc2ccc(CNC(=NC)N(C)CCOCC3CC3)cc2)CC1.I. The normalized spacial score (nSPS) is 18.2. The van der Waals surface area contributed by atoms with Crippen LogP contribution in [0.2, 0.25) is 0 Å². The monoisotopic (exact) mass is 529 g/mol. The van der Waals surface area contributed by atoms with Crippen LogP contribution in [0.25, 0.3) is 0 Å². The fourth-order valence-corrected chi connectivity index (χ4v) is 3.69. The fraction of sp³-hybridized carbons (Fsp3) is 0.696. The van der Waals surface area contributed by atoms with Crippen LogP contribution in [0.4, 0.5) is 0 Å². The van der Waals surface area contributed by atoms with Gasteiger partial charge < -0.3 is 19.9 Å². The van der Waals surface area contributed by atoms with Gasteiger partial charge in [0.2, 0.25) is 0 Å². The Labute approximate surface area is 200 Å². The lowest BCUT2D eigenvalue weighted by atomic mass is 10.1. The molecule has 1 heterocycles. The third kappa shape index (κ3) is 8.69. The molecule has 0 bridgehead atoms. The number of nitrogens with one attached hydrogen (secondary N) is 1. The van der Waals surface area contributed by atoms with E-state index < -0.39 is 0 Å². The topological polar surface area (TPSA) is 43.3 Å². The second-order valence-corrected chi connectivity index (χ2v) is 8.37. The number of halogens is 1. The summed E-state index contributed by atoms with van der Waals surface area (Å²) in [6.07, 6.45) is 2.68. The number of aliphatic imine (C=N–C) groups is 1. The molecule has 1 aliphatic carbocycles. The summed E-state index contributed by atoms with van der Waals surface area (Å²) in [5.74, 6) is 1.74. The Morgan fingerprint density at radius 1 is 1.10 bits per heavy atom. The number of rotatable bonds is 10. The lowest BCUT2D eigenvalue weighted by Gasteiger charge is -2.34. The van der Waals surface area contributed by atoms with Crippen molar-refractivity contribution < 1.29 is 4.74 Å². The van der Waals surface area contributed by atoms with Gasteiger partial charge in [-0.15, -0.1) is 24.0 Å². The summed E-state index contributed by atoms with van der Waals surface area (Å²) in [4.78, 5) is 11.6. The van der Waals surface area contributed by atoms with Crippen molar-refractivity contribution in [1.82, 2.24) is 20.0 Å². The quantitative estimate of drug-likeness (QED) is 0.219. The molecule has 30 heavy (non-hydrogen) atoms. The number of likely N-dealkylation sites (N-methyl/N-ethyl adjacent to an activating group) is 2. The molecule has 0 aromatic heterocycles. The highest BCUT2D eigenvalue weighted by Crippen LogP contribution is 2.28. The average molecular weight is 530 g/mol. The predicted molar refractivity (Wildman–Crippen MR) is 136 cm³/mol. The second-order valence-electron chi connectivity index (χ2n) is 8.37. The summed E-state index contributed by atoms with van der Waals surface area (Å²) >= 11 is 0. The number of guanidine groups is 1. The molecular formula is C23H40IN5O. The third-order valence-corrected chi connectivity index (χ3v) is 5.99. The van der Waals surface area contributed by atoms with Gasteiger partial charge in [0.25, 0.3) is 0 Å². The lowest BCUT2D eigenvalue weighted by molar-refractivity contribution is 0.115. The Bertz CT molecular complexity index is 627. The van der Waals surface area contributed by atoms with Crippen molar-refractivity contribution in [3.63, 3.8) is 0 Å². The first kappa shape index (κ1) is 25.4. The van der Waals surface area contributed by atoms with Crippen molar-refractivity contribution in [3.05, 3.63) is 35.4 Å². The van der Waals surface area contributed by atoms with Gasteiger partial charge in [-0.25, -0.2) is 0 Å². The smallest absolute Gasteiger partial charge is 0.193 e. The molecule has 2 aliphatic rings. The summed E-state index contributed by atoms with van der Waals surface area (Å²) in [5.41, 5.74) is 2.68. The molecule has 1 saturated heterocycles. The maximum absolute atomic E-state index is 5.74. The number of hydrogen-bond donors (Lipinski definition) is 1. The number of benzene rings is 1. The van der Waals surface area contributed by atoms with Crippen LogP contribution in [-0.4, -0.2) is 87.2 Å². The molecular weight excluding hydrogens is 489 g/mol. The summed E-state index contributed by atoms with van der Waals surface area (Å²) in [6.45, 7) is 12.5. The molecule has 1 aromatic carbocycles. The molecule has 7 heteroatoms. The molecule has 0 atom stereocenters. The number of piperazine rings is 1. The molecule has 1 N–H and O–H groups in total. The second kappa shape index (κ2) is 13.5. The van der Waals surface area contributed by atoms with Crippen LogP contribution in [0.15, 0.2) is 29.3 Å². The zero-order valence-electron chi connectivity index (χ0n) is 19.0. The molecule has 2 fully saturated rings. The number of ether oxygens (including phenoxy) is 1. The first-order valence-electron chi connectivity index (χ1n) is 11.2. The molecule has 0 spiro atoms.